The summed E-state index contributed by atoms with van der Waals surface area (Å²) in [5, 5.41) is 6.00. The Labute approximate surface area is 121 Å². The molecule has 1 amide bonds. The molecule has 0 aliphatic carbocycles. The van der Waals surface area contributed by atoms with Crippen molar-refractivity contribution in [1.82, 2.24) is 0 Å². The standard InChI is InChI=1S/C16H15FN2O2/c1-10-6-12(3-4-13(10)17)18-8-11-2-5-15-14(7-11)19-16(20)9-21-15/h2-7,18H,8-9H2,1H3,(H,19,20). The van der Waals surface area contributed by atoms with Crippen molar-refractivity contribution in [2.45, 2.75) is 13.5 Å². The van der Waals surface area contributed by atoms with E-state index in [-0.39, 0.29) is 18.3 Å². The van der Waals surface area contributed by atoms with Crippen LogP contribution in [0.5, 0.6) is 5.75 Å². The highest BCUT2D eigenvalue weighted by atomic mass is 19.1. The van der Waals surface area contributed by atoms with Gasteiger partial charge in [0.15, 0.2) is 6.61 Å². The fourth-order valence-electron chi connectivity index (χ4n) is 2.20. The van der Waals surface area contributed by atoms with E-state index in [9.17, 15) is 9.18 Å². The summed E-state index contributed by atoms with van der Waals surface area (Å²) >= 11 is 0. The molecule has 0 spiro atoms. The van der Waals surface area contributed by atoms with Gasteiger partial charge in [-0.15, -0.1) is 0 Å². The summed E-state index contributed by atoms with van der Waals surface area (Å²) < 4.78 is 18.5. The average Bonchev–Trinajstić information content (AvgIpc) is 2.48. The Morgan fingerprint density at radius 3 is 2.95 bits per heavy atom. The molecule has 1 aliphatic rings. The van der Waals surface area contributed by atoms with Gasteiger partial charge < -0.3 is 15.4 Å². The number of halogens is 1. The Balaban J connectivity index is 1.72. The fraction of sp³-hybridized carbons (Fsp3) is 0.188. The molecule has 2 aromatic carbocycles. The minimum absolute atomic E-state index is 0.0550. The van der Waals surface area contributed by atoms with Gasteiger partial charge in [0.2, 0.25) is 0 Å². The van der Waals surface area contributed by atoms with Crippen LogP contribution in [0, 0.1) is 12.7 Å². The molecule has 3 rings (SSSR count). The molecule has 4 nitrogen and oxygen atoms in total. The maximum absolute atomic E-state index is 13.2. The predicted octanol–water partition coefficient (Wildman–Crippen LogP) is 3.08. The zero-order valence-electron chi connectivity index (χ0n) is 11.6. The Kier molecular flexibility index (Phi) is 3.48. The number of anilines is 2. The van der Waals surface area contributed by atoms with Crippen molar-refractivity contribution >= 4 is 17.3 Å². The van der Waals surface area contributed by atoms with Gasteiger partial charge in [0.1, 0.15) is 11.6 Å². The zero-order valence-corrected chi connectivity index (χ0v) is 11.6. The van der Waals surface area contributed by atoms with Crippen LogP contribution in [0.25, 0.3) is 0 Å². The van der Waals surface area contributed by atoms with Gasteiger partial charge >= 0.3 is 0 Å². The van der Waals surface area contributed by atoms with Crippen LogP contribution in [0.3, 0.4) is 0 Å². The second-order valence-corrected chi connectivity index (χ2v) is 4.98. The van der Waals surface area contributed by atoms with Crippen LogP contribution in [-0.4, -0.2) is 12.5 Å². The van der Waals surface area contributed by atoms with Crippen LogP contribution in [-0.2, 0) is 11.3 Å². The SMILES string of the molecule is Cc1cc(NCc2ccc3c(c2)NC(=O)CO3)ccc1F. The molecule has 1 aliphatic heterocycles. The van der Waals surface area contributed by atoms with E-state index in [1.54, 1.807) is 19.1 Å². The number of hydrogen-bond donors (Lipinski definition) is 2. The number of ether oxygens (including phenoxy) is 1. The van der Waals surface area contributed by atoms with Gasteiger partial charge in [-0.3, -0.25) is 4.79 Å². The number of amides is 1. The quantitative estimate of drug-likeness (QED) is 0.911. The number of carbonyl (C=O) groups excluding carboxylic acids is 1. The molecule has 108 valence electrons. The second-order valence-electron chi connectivity index (χ2n) is 4.98. The number of benzene rings is 2. The van der Waals surface area contributed by atoms with E-state index < -0.39 is 0 Å². The number of carbonyl (C=O) groups is 1. The molecule has 0 radical (unpaired) electrons. The lowest BCUT2D eigenvalue weighted by molar-refractivity contribution is -0.118. The Bertz CT molecular complexity index is 701. The summed E-state index contributed by atoms with van der Waals surface area (Å²) in [5.74, 6) is 0.312. The van der Waals surface area contributed by atoms with E-state index in [1.807, 2.05) is 18.2 Å². The zero-order chi connectivity index (χ0) is 14.8. The average molecular weight is 286 g/mol. The van der Waals surface area contributed by atoms with Gasteiger partial charge in [-0.2, -0.15) is 0 Å². The third-order valence-corrected chi connectivity index (χ3v) is 3.33. The molecular weight excluding hydrogens is 271 g/mol. The van der Waals surface area contributed by atoms with E-state index in [1.165, 1.54) is 6.07 Å². The maximum Gasteiger partial charge on any atom is 0.262 e. The van der Waals surface area contributed by atoms with Gasteiger partial charge in [0.25, 0.3) is 5.91 Å². The lowest BCUT2D eigenvalue weighted by atomic mass is 10.1. The first kappa shape index (κ1) is 13.4. The Hall–Kier alpha value is -2.56. The van der Waals surface area contributed by atoms with Gasteiger partial charge in [-0.25, -0.2) is 4.39 Å². The van der Waals surface area contributed by atoms with Crippen molar-refractivity contribution in [3.05, 3.63) is 53.3 Å². The van der Waals surface area contributed by atoms with Crippen LogP contribution in [0.4, 0.5) is 15.8 Å². The van der Waals surface area contributed by atoms with Gasteiger partial charge in [-0.1, -0.05) is 6.07 Å². The van der Waals surface area contributed by atoms with Crippen molar-refractivity contribution < 1.29 is 13.9 Å². The number of fused-ring (bicyclic) bond motifs is 1. The van der Waals surface area contributed by atoms with Crippen molar-refractivity contribution in [1.29, 1.82) is 0 Å². The summed E-state index contributed by atoms with van der Waals surface area (Å²) in [7, 11) is 0. The lowest BCUT2D eigenvalue weighted by Crippen LogP contribution is -2.25. The number of nitrogens with one attached hydrogen (secondary N) is 2. The first-order chi connectivity index (χ1) is 10.1. The molecule has 0 bridgehead atoms. The predicted molar refractivity (Wildman–Crippen MR) is 79.0 cm³/mol. The highest BCUT2D eigenvalue weighted by Gasteiger charge is 2.15. The van der Waals surface area contributed by atoms with Crippen LogP contribution in [0.2, 0.25) is 0 Å². The topological polar surface area (TPSA) is 50.4 Å². The summed E-state index contributed by atoms with van der Waals surface area (Å²) in [6, 6.07) is 10.5. The van der Waals surface area contributed by atoms with E-state index >= 15 is 0 Å². The van der Waals surface area contributed by atoms with Gasteiger partial charge in [0, 0.05) is 12.2 Å². The first-order valence-electron chi connectivity index (χ1n) is 6.67. The molecule has 0 atom stereocenters. The molecule has 0 aromatic heterocycles. The molecule has 21 heavy (non-hydrogen) atoms. The minimum atomic E-state index is -0.214. The van der Waals surface area contributed by atoms with Crippen molar-refractivity contribution in [2.75, 3.05) is 17.2 Å². The second kappa shape index (κ2) is 5.44. The molecule has 0 saturated heterocycles. The summed E-state index contributed by atoms with van der Waals surface area (Å²) in [6.07, 6.45) is 0. The monoisotopic (exact) mass is 286 g/mol. The smallest absolute Gasteiger partial charge is 0.262 e. The Morgan fingerprint density at radius 2 is 2.14 bits per heavy atom. The highest BCUT2D eigenvalue weighted by Crippen LogP contribution is 2.28. The molecule has 0 unspecified atom stereocenters. The summed E-state index contributed by atoms with van der Waals surface area (Å²) in [6.45, 7) is 2.36. The number of aryl methyl sites for hydroxylation is 1. The Morgan fingerprint density at radius 1 is 1.29 bits per heavy atom. The van der Waals surface area contributed by atoms with Gasteiger partial charge in [0.05, 0.1) is 5.69 Å². The minimum Gasteiger partial charge on any atom is -0.482 e. The molecule has 2 aromatic rings. The van der Waals surface area contributed by atoms with Crippen molar-refractivity contribution in [3.63, 3.8) is 0 Å². The van der Waals surface area contributed by atoms with Crippen molar-refractivity contribution in [2.24, 2.45) is 0 Å². The summed E-state index contributed by atoms with van der Waals surface area (Å²) in [4.78, 5) is 11.3. The lowest BCUT2D eigenvalue weighted by Gasteiger charge is -2.18. The molecule has 1 heterocycles. The number of rotatable bonds is 3. The molecular formula is C16H15FN2O2. The normalized spacial score (nSPS) is 13.1. The number of hydrogen-bond acceptors (Lipinski definition) is 3. The van der Waals surface area contributed by atoms with E-state index in [4.69, 9.17) is 4.74 Å². The first-order valence-corrected chi connectivity index (χ1v) is 6.67. The molecule has 2 N–H and O–H groups in total. The van der Waals surface area contributed by atoms with Gasteiger partial charge in [-0.05, 0) is 48.4 Å². The maximum atomic E-state index is 13.2. The fourth-order valence-corrected chi connectivity index (χ4v) is 2.20. The van der Waals surface area contributed by atoms with E-state index in [0.717, 1.165) is 11.3 Å². The van der Waals surface area contributed by atoms with Crippen LogP contribution >= 0.6 is 0 Å². The highest BCUT2D eigenvalue weighted by molar-refractivity contribution is 5.95. The van der Waals surface area contributed by atoms with Crippen LogP contribution in [0.1, 0.15) is 11.1 Å². The van der Waals surface area contributed by atoms with Crippen LogP contribution in [0.15, 0.2) is 36.4 Å². The van der Waals surface area contributed by atoms with Crippen LogP contribution < -0.4 is 15.4 Å². The third-order valence-electron chi connectivity index (χ3n) is 3.33. The summed E-state index contributed by atoms with van der Waals surface area (Å²) in [5.41, 5.74) is 3.14. The molecule has 0 saturated carbocycles. The largest absolute Gasteiger partial charge is 0.482 e. The third kappa shape index (κ3) is 2.97. The molecule has 0 fully saturated rings. The van der Waals surface area contributed by atoms with Crippen molar-refractivity contribution in [3.8, 4) is 5.75 Å². The van der Waals surface area contributed by atoms with E-state index in [2.05, 4.69) is 10.6 Å². The van der Waals surface area contributed by atoms with E-state index in [0.29, 0.717) is 23.5 Å². The molecule has 5 heteroatoms.